The van der Waals surface area contributed by atoms with Crippen molar-refractivity contribution in [2.75, 3.05) is 32.0 Å². The summed E-state index contributed by atoms with van der Waals surface area (Å²) >= 11 is 0. The van der Waals surface area contributed by atoms with E-state index in [1.807, 2.05) is 6.92 Å². The van der Waals surface area contributed by atoms with Crippen LogP contribution < -0.4 is 10.6 Å². The van der Waals surface area contributed by atoms with E-state index < -0.39 is 0 Å². The number of benzene rings is 1. The first-order valence-corrected chi connectivity index (χ1v) is 7.13. The molecule has 1 aliphatic rings. The smallest absolute Gasteiger partial charge is 0.253 e. The number of hydrogen-bond acceptors (Lipinski definition) is 3. The predicted octanol–water partition coefficient (Wildman–Crippen LogP) is 2.08. The molecule has 1 fully saturated rings. The molecule has 110 valence electrons. The summed E-state index contributed by atoms with van der Waals surface area (Å²) in [6.45, 7) is 4.42. The van der Waals surface area contributed by atoms with Gasteiger partial charge in [-0.05, 0) is 52.0 Å². The van der Waals surface area contributed by atoms with Crippen LogP contribution >= 0.6 is 0 Å². The molecule has 0 aromatic heterocycles. The van der Waals surface area contributed by atoms with E-state index in [2.05, 4.69) is 22.6 Å². The van der Waals surface area contributed by atoms with Gasteiger partial charge in [0.15, 0.2) is 0 Å². The Morgan fingerprint density at radius 3 is 2.75 bits per heavy atom. The predicted molar refractivity (Wildman–Crippen MR) is 78.5 cm³/mol. The topological polar surface area (TPSA) is 44.4 Å². The third kappa shape index (κ3) is 3.48. The maximum Gasteiger partial charge on any atom is 0.253 e. The number of anilines is 1. The molecule has 0 aliphatic carbocycles. The SMILES string of the molecule is CCNc1c(F)cccc1C(=O)NC1CCN(C)CC1. The van der Waals surface area contributed by atoms with E-state index in [1.165, 1.54) is 6.07 Å². The summed E-state index contributed by atoms with van der Waals surface area (Å²) in [7, 11) is 2.08. The van der Waals surface area contributed by atoms with Gasteiger partial charge in [0, 0.05) is 12.6 Å². The largest absolute Gasteiger partial charge is 0.382 e. The summed E-state index contributed by atoms with van der Waals surface area (Å²) in [6.07, 6.45) is 1.88. The molecule has 0 unspecified atom stereocenters. The van der Waals surface area contributed by atoms with Crippen molar-refractivity contribution in [3.8, 4) is 0 Å². The van der Waals surface area contributed by atoms with Gasteiger partial charge in [0.05, 0.1) is 11.3 Å². The first-order valence-electron chi connectivity index (χ1n) is 7.13. The van der Waals surface area contributed by atoms with Crippen molar-refractivity contribution < 1.29 is 9.18 Å². The quantitative estimate of drug-likeness (QED) is 0.887. The highest BCUT2D eigenvalue weighted by molar-refractivity contribution is 5.99. The number of para-hydroxylation sites is 1. The number of rotatable bonds is 4. The molecule has 1 aliphatic heterocycles. The van der Waals surface area contributed by atoms with E-state index in [-0.39, 0.29) is 17.8 Å². The second kappa shape index (κ2) is 6.70. The van der Waals surface area contributed by atoms with Crippen molar-refractivity contribution in [2.45, 2.75) is 25.8 Å². The molecule has 1 aromatic carbocycles. The Labute approximate surface area is 119 Å². The lowest BCUT2D eigenvalue weighted by atomic mass is 10.0. The first kappa shape index (κ1) is 14.8. The summed E-state index contributed by atoms with van der Waals surface area (Å²) in [4.78, 5) is 14.6. The van der Waals surface area contributed by atoms with Crippen LogP contribution in [0.15, 0.2) is 18.2 Å². The van der Waals surface area contributed by atoms with Gasteiger partial charge in [0.2, 0.25) is 0 Å². The van der Waals surface area contributed by atoms with Crippen LogP contribution in [0.5, 0.6) is 0 Å². The zero-order valence-electron chi connectivity index (χ0n) is 12.1. The number of nitrogens with zero attached hydrogens (tertiary/aromatic N) is 1. The van der Waals surface area contributed by atoms with E-state index in [9.17, 15) is 9.18 Å². The molecule has 1 saturated heterocycles. The standard InChI is InChI=1S/C15H22FN3O/c1-3-17-14-12(5-4-6-13(14)16)15(20)18-11-7-9-19(2)10-8-11/h4-6,11,17H,3,7-10H2,1-2H3,(H,18,20). The number of carbonyl (C=O) groups excluding carboxylic acids is 1. The number of hydrogen-bond donors (Lipinski definition) is 2. The zero-order valence-corrected chi connectivity index (χ0v) is 12.1. The minimum atomic E-state index is -0.386. The van der Waals surface area contributed by atoms with Gasteiger partial charge in [-0.25, -0.2) is 4.39 Å². The van der Waals surface area contributed by atoms with Crippen LogP contribution in [-0.4, -0.2) is 43.5 Å². The van der Waals surface area contributed by atoms with Crippen LogP contribution in [0.2, 0.25) is 0 Å². The molecule has 2 rings (SSSR count). The highest BCUT2D eigenvalue weighted by Crippen LogP contribution is 2.20. The molecular formula is C15H22FN3O. The van der Waals surface area contributed by atoms with Gasteiger partial charge >= 0.3 is 0 Å². The molecule has 1 heterocycles. The average molecular weight is 279 g/mol. The summed E-state index contributed by atoms with van der Waals surface area (Å²) in [6, 6.07) is 4.77. The Morgan fingerprint density at radius 1 is 1.40 bits per heavy atom. The van der Waals surface area contributed by atoms with Gasteiger partial charge < -0.3 is 15.5 Å². The lowest BCUT2D eigenvalue weighted by Gasteiger charge is -2.29. The van der Waals surface area contributed by atoms with Crippen molar-refractivity contribution in [2.24, 2.45) is 0 Å². The first-order chi connectivity index (χ1) is 9.61. The van der Waals surface area contributed by atoms with Crippen molar-refractivity contribution in [1.29, 1.82) is 0 Å². The van der Waals surface area contributed by atoms with Gasteiger partial charge in [-0.2, -0.15) is 0 Å². The molecule has 0 atom stereocenters. The second-order valence-electron chi connectivity index (χ2n) is 5.24. The molecule has 1 aromatic rings. The molecule has 0 saturated carbocycles. The van der Waals surface area contributed by atoms with Gasteiger partial charge in [-0.3, -0.25) is 4.79 Å². The molecule has 0 spiro atoms. The highest BCUT2D eigenvalue weighted by atomic mass is 19.1. The second-order valence-corrected chi connectivity index (χ2v) is 5.24. The number of piperidine rings is 1. The fourth-order valence-corrected chi connectivity index (χ4v) is 2.49. The summed E-state index contributed by atoms with van der Waals surface area (Å²) in [5.74, 6) is -0.585. The van der Waals surface area contributed by atoms with Crippen molar-refractivity contribution in [1.82, 2.24) is 10.2 Å². The summed E-state index contributed by atoms with van der Waals surface area (Å²) in [5, 5.41) is 5.94. The highest BCUT2D eigenvalue weighted by Gasteiger charge is 2.21. The molecule has 5 heteroatoms. The zero-order chi connectivity index (χ0) is 14.5. The fourth-order valence-electron chi connectivity index (χ4n) is 2.49. The molecule has 0 radical (unpaired) electrons. The normalized spacial score (nSPS) is 16.9. The molecule has 20 heavy (non-hydrogen) atoms. The Morgan fingerprint density at radius 2 is 2.10 bits per heavy atom. The lowest BCUT2D eigenvalue weighted by Crippen LogP contribution is -2.43. The third-order valence-corrected chi connectivity index (χ3v) is 3.67. The summed E-state index contributed by atoms with van der Waals surface area (Å²) < 4.78 is 13.8. The maximum atomic E-state index is 13.8. The molecular weight excluding hydrogens is 257 g/mol. The number of amides is 1. The van der Waals surface area contributed by atoms with E-state index >= 15 is 0 Å². The van der Waals surface area contributed by atoms with E-state index in [0.717, 1.165) is 25.9 Å². The Balaban J connectivity index is 2.07. The van der Waals surface area contributed by atoms with Crippen LogP contribution in [0.25, 0.3) is 0 Å². The van der Waals surface area contributed by atoms with Crippen LogP contribution in [0, 0.1) is 5.82 Å². The molecule has 0 bridgehead atoms. The average Bonchev–Trinajstić information content (AvgIpc) is 2.43. The number of carbonyl (C=O) groups is 1. The summed E-state index contributed by atoms with van der Waals surface area (Å²) in [5.41, 5.74) is 0.672. The van der Waals surface area contributed by atoms with Gasteiger partial charge in [-0.15, -0.1) is 0 Å². The minimum absolute atomic E-state index is 0.177. The van der Waals surface area contributed by atoms with Crippen molar-refractivity contribution in [3.63, 3.8) is 0 Å². The van der Waals surface area contributed by atoms with Crippen molar-refractivity contribution >= 4 is 11.6 Å². The Kier molecular flexibility index (Phi) is 4.95. The van der Waals surface area contributed by atoms with Gasteiger partial charge in [-0.1, -0.05) is 6.07 Å². The van der Waals surface area contributed by atoms with Gasteiger partial charge in [0.25, 0.3) is 5.91 Å². The lowest BCUT2D eigenvalue weighted by molar-refractivity contribution is 0.0917. The fraction of sp³-hybridized carbons (Fsp3) is 0.533. The molecule has 4 nitrogen and oxygen atoms in total. The minimum Gasteiger partial charge on any atom is -0.382 e. The van der Waals surface area contributed by atoms with Crippen LogP contribution in [-0.2, 0) is 0 Å². The van der Waals surface area contributed by atoms with Crippen LogP contribution in [0.4, 0.5) is 10.1 Å². The van der Waals surface area contributed by atoms with E-state index in [0.29, 0.717) is 17.8 Å². The Hall–Kier alpha value is -1.62. The number of halogens is 1. The van der Waals surface area contributed by atoms with Gasteiger partial charge in [0.1, 0.15) is 5.82 Å². The monoisotopic (exact) mass is 279 g/mol. The Bertz CT molecular complexity index is 470. The van der Waals surface area contributed by atoms with E-state index in [1.54, 1.807) is 12.1 Å². The van der Waals surface area contributed by atoms with Crippen LogP contribution in [0.1, 0.15) is 30.1 Å². The number of nitrogens with one attached hydrogen (secondary N) is 2. The third-order valence-electron chi connectivity index (χ3n) is 3.67. The molecule has 1 amide bonds. The van der Waals surface area contributed by atoms with Crippen LogP contribution in [0.3, 0.4) is 0 Å². The number of likely N-dealkylation sites (tertiary alicyclic amines) is 1. The van der Waals surface area contributed by atoms with E-state index in [4.69, 9.17) is 0 Å². The maximum absolute atomic E-state index is 13.8. The molecule has 2 N–H and O–H groups in total. The van der Waals surface area contributed by atoms with Crippen molar-refractivity contribution in [3.05, 3.63) is 29.6 Å².